The molecule has 0 aromatic rings. The molecular formula is C4H9ClO. The van der Waals surface area contributed by atoms with E-state index in [0.29, 0.717) is 5.88 Å². The summed E-state index contributed by atoms with van der Waals surface area (Å²) in [7, 11) is 1.65. The van der Waals surface area contributed by atoms with Gasteiger partial charge >= 0.3 is 0 Å². The standard InChI is InChI=1S/C4H9ClO/c1-4(3-5)6-2/h4H,3H2,1-2H3/t4-/m1/s1. The fraction of sp³-hybridized carbons (Fsp3) is 1.00. The van der Waals surface area contributed by atoms with Crippen LogP contribution in [0, 0.1) is 0 Å². The van der Waals surface area contributed by atoms with Gasteiger partial charge in [0.15, 0.2) is 0 Å². The molecule has 0 saturated carbocycles. The van der Waals surface area contributed by atoms with Crippen LogP contribution >= 0.6 is 11.6 Å². The van der Waals surface area contributed by atoms with E-state index in [9.17, 15) is 0 Å². The largest absolute Gasteiger partial charge is 0.381 e. The van der Waals surface area contributed by atoms with E-state index < -0.39 is 0 Å². The van der Waals surface area contributed by atoms with E-state index in [0.717, 1.165) is 0 Å². The Balaban J connectivity index is 2.75. The lowest BCUT2D eigenvalue weighted by molar-refractivity contribution is 0.136. The highest BCUT2D eigenvalue weighted by Crippen LogP contribution is 1.87. The topological polar surface area (TPSA) is 9.23 Å². The van der Waals surface area contributed by atoms with Crippen LogP contribution in [-0.2, 0) is 4.74 Å². The number of alkyl halides is 1. The summed E-state index contributed by atoms with van der Waals surface area (Å²) >= 11 is 5.33. The molecular weight excluding hydrogens is 99.5 g/mol. The molecule has 0 rings (SSSR count). The summed E-state index contributed by atoms with van der Waals surface area (Å²) in [5.41, 5.74) is 0. The van der Waals surface area contributed by atoms with Gasteiger partial charge in [-0.3, -0.25) is 0 Å². The Morgan fingerprint density at radius 1 is 1.83 bits per heavy atom. The number of halogens is 1. The quantitative estimate of drug-likeness (QED) is 0.484. The van der Waals surface area contributed by atoms with Crippen molar-refractivity contribution in [3.8, 4) is 0 Å². The van der Waals surface area contributed by atoms with E-state index in [2.05, 4.69) is 0 Å². The predicted molar refractivity (Wildman–Crippen MR) is 27.2 cm³/mol. The van der Waals surface area contributed by atoms with Crippen LogP contribution in [0.25, 0.3) is 0 Å². The molecule has 1 nitrogen and oxygen atoms in total. The van der Waals surface area contributed by atoms with E-state index in [4.69, 9.17) is 16.3 Å². The van der Waals surface area contributed by atoms with E-state index in [1.54, 1.807) is 7.11 Å². The summed E-state index contributed by atoms with van der Waals surface area (Å²) in [6.07, 6.45) is 0.201. The Kier molecular flexibility index (Phi) is 3.58. The maximum absolute atomic E-state index is 5.33. The van der Waals surface area contributed by atoms with Crippen molar-refractivity contribution < 1.29 is 4.74 Å². The molecule has 0 heterocycles. The minimum Gasteiger partial charge on any atom is -0.381 e. The maximum atomic E-state index is 5.33. The van der Waals surface area contributed by atoms with E-state index in [-0.39, 0.29) is 6.10 Å². The van der Waals surface area contributed by atoms with Gasteiger partial charge in [-0.05, 0) is 6.92 Å². The molecule has 6 heavy (non-hydrogen) atoms. The van der Waals surface area contributed by atoms with Crippen molar-refractivity contribution in [2.24, 2.45) is 0 Å². The molecule has 0 radical (unpaired) electrons. The number of methoxy groups -OCH3 is 1. The van der Waals surface area contributed by atoms with Crippen molar-refractivity contribution in [3.63, 3.8) is 0 Å². The van der Waals surface area contributed by atoms with Crippen LogP contribution in [0.1, 0.15) is 6.92 Å². The lowest BCUT2D eigenvalue weighted by Gasteiger charge is -1.99. The van der Waals surface area contributed by atoms with Gasteiger partial charge in [0.05, 0.1) is 6.10 Å². The van der Waals surface area contributed by atoms with Crippen molar-refractivity contribution in [1.82, 2.24) is 0 Å². The zero-order valence-corrected chi connectivity index (χ0v) is 4.83. The Morgan fingerprint density at radius 3 is 2.33 bits per heavy atom. The Hall–Kier alpha value is 0.250. The molecule has 0 bridgehead atoms. The van der Waals surface area contributed by atoms with Gasteiger partial charge in [0.25, 0.3) is 0 Å². The zero-order valence-electron chi connectivity index (χ0n) is 4.07. The van der Waals surface area contributed by atoms with Gasteiger partial charge in [-0.2, -0.15) is 0 Å². The van der Waals surface area contributed by atoms with Gasteiger partial charge < -0.3 is 4.74 Å². The third-order valence-electron chi connectivity index (χ3n) is 0.620. The lowest BCUT2D eigenvalue weighted by Crippen LogP contribution is -2.04. The van der Waals surface area contributed by atoms with E-state index in [1.165, 1.54) is 0 Å². The van der Waals surface area contributed by atoms with E-state index >= 15 is 0 Å². The van der Waals surface area contributed by atoms with Gasteiger partial charge in [0, 0.05) is 13.0 Å². The first-order valence-corrected chi connectivity index (χ1v) is 2.43. The third kappa shape index (κ3) is 2.49. The fourth-order valence-corrected chi connectivity index (χ4v) is 0.189. The SMILES string of the molecule is CO[C@H](C)CCl. The van der Waals surface area contributed by atoms with Gasteiger partial charge in [-0.25, -0.2) is 0 Å². The second kappa shape index (κ2) is 3.44. The first kappa shape index (κ1) is 6.25. The van der Waals surface area contributed by atoms with Crippen LogP contribution in [0.5, 0.6) is 0 Å². The summed E-state index contributed by atoms with van der Waals surface area (Å²) in [5, 5.41) is 0. The molecule has 0 saturated heterocycles. The highest BCUT2D eigenvalue weighted by atomic mass is 35.5. The second-order valence-electron chi connectivity index (χ2n) is 1.20. The summed E-state index contributed by atoms with van der Waals surface area (Å²) in [5.74, 6) is 0.580. The number of hydrogen-bond donors (Lipinski definition) is 0. The summed E-state index contributed by atoms with van der Waals surface area (Å²) in [4.78, 5) is 0. The molecule has 0 aromatic heterocycles. The van der Waals surface area contributed by atoms with Crippen molar-refractivity contribution in [2.45, 2.75) is 13.0 Å². The normalized spacial score (nSPS) is 14.5. The van der Waals surface area contributed by atoms with Crippen LogP contribution in [0.4, 0.5) is 0 Å². The molecule has 0 spiro atoms. The molecule has 2 heteroatoms. The smallest absolute Gasteiger partial charge is 0.0678 e. The zero-order chi connectivity index (χ0) is 4.99. The predicted octanol–water partition coefficient (Wildman–Crippen LogP) is 1.26. The first-order chi connectivity index (χ1) is 2.81. The molecule has 0 aliphatic heterocycles. The molecule has 0 amide bonds. The van der Waals surface area contributed by atoms with Gasteiger partial charge in [-0.1, -0.05) is 0 Å². The van der Waals surface area contributed by atoms with Crippen LogP contribution < -0.4 is 0 Å². The molecule has 1 atom stereocenters. The molecule has 0 unspecified atom stereocenters. The number of hydrogen-bond acceptors (Lipinski definition) is 1. The van der Waals surface area contributed by atoms with Crippen LogP contribution in [0.3, 0.4) is 0 Å². The molecule has 38 valence electrons. The van der Waals surface area contributed by atoms with Gasteiger partial charge in [-0.15, -0.1) is 11.6 Å². The monoisotopic (exact) mass is 108 g/mol. The maximum Gasteiger partial charge on any atom is 0.0678 e. The average molecular weight is 109 g/mol. The highest BCUT2D eigenvalue weighted by Gasteiger charge is 1.90. The van der Waals surface area contributed by atoms with Gasteiger partial charge in [0.1, 0.15) is 0 Å². The third-order valence-corrected chi connectivity index (χ3v) is 1.05. The van der Waals surface area contributed by atoms with E-state index in [1.807, 2.05) is 6.92 Å². The average Bonchev–Trinajstić information content (AvgIpc) is 1.65. The van der Waals surface area contributed by atoms with Crippen molar-refractivity contribution in [1.29, 1.82) is 0 Å². The molecule has 0 aromatic carbocycles. The minimum atomic E-state index is 0.201. The fourth-order valence-electron chi connectivity index (χ4n) is 0.0630. The molecule has 0 fully saturated rings. The first-order valence-electron chi connectivity index (χ1n) is 1.90. The van der Waals surface area contributed by atoms with Crippen molar-refractivity contribution in [3.05, 3.63) is 0 Å². The number of rotatable bonds is 2. The molecule has 0 N–H and O–H groups in total. The summed E-state index contributed by atoms with van der Waals surface area (Å²) in [6.45, 7) is 1.92. The van der Waals surface area contributed by atoms with Crippen LogP contribution in [0.15, 0.2) is 0 Å². The highest BCUT2D eigenvalue weighted by molar-refractivity contribution is 6.18. The summed E-state index contributed by atoms with van der Waals surface area (Å²) in [6, 6.07) is 0. The Morgan fingerprint density at radius 2 is 2.33 bits per heavy atom. The molecule has 0 aliphatic rings. The van der Waals surface area contributed by atoms with Crippen molar-refractivity contribution in [2.75, 3.05) is 13.0 Å². The van der Waals surface area contributed by atoms with Crippen molar-refractivity contribution >= 4 is 11.6 Å². The minimum absolute atomic E-state index is 0.201. The van der Waals surface area contributed by atoms with Crippen LogP contribution in [-0.4, -0.2) is 19.1 Å². The van der Waals surface area contributed by atoms with Gasteiger partial charge in [0.2, 0.25) is 0 Å². The Labute approximate surface area is 43.3 Å². The van der Waals surface area contributed by atoms with Crippen LogP contribution in [0.2, 0.25) is 0 Å². The second-order valence-corrected chi connectivity index (χ2v) is 1.51. The Bertz CT molecular complexity index is 26.7. The number of ether oxygens (including phenoxy) is 1. The lowest BCUT2D eigenvalue weighted by atomic mass is 10.5. The molecule has 0 aliphatic carbocycles. The summed E-state index contributed by atoms with van der Waals surface area (Å²) < 4.78 is 4.77.